The topological polar surface area (TPSA) is 55.8 Å². The summed E-state index contributed by atoms with van der Waals surface area (Å²) in [4.78, 5) is 8.55. The van der Waals surface area contributed by atoms with Crippen molar-refractivity contribution in [3.05, 3.63) is 0 Å². The maximum Gasteiger partial charge on any atom is 0.505 e. The van der Waals surface area contributed by atoms with Gasteiger partial charge in [0, 0.05) is 19.6 Å². The number of hydrogen-bond acceptors (Lipinski definition) is 3. The van der Waals surface area contributed by atoms with E-state index in [9.17, 15) is 4.57 Å². The molecule has 0 heterocycles. The standard InChI is InChI=1S/C8H17O4P/c1-3-11-8(12-4-2)6-5-7-13(9)10/h8H,3-7H2,1-2H3/p+1. The lowest BCUT2D eigenvalue weighted by Gasteiger charge is -2.15. The van der Waals surface area contributed by atoms with E-state index in [4.69, 9.17) is 14.4 Å². The largest absolute Gasteiger partial charge is 0.505 e. The molecular formula is C8H18O4P+. The second kappa shape index (κ2) is 8.57. The lowest BCUT2D eigenvalue weighted by molar-refractivity contribution is -0.139. The van der Waals surface area contributed by atoms with Crippen molar-refractivity contribution >= 4 is 8.03 Å². The SMILES string of the molecule is CCOC(CCC[P+](=O)O)OCC. The Hall–Kier alpha value is -0.0200. The summed E-state index contributed by atoms with van der Waals surface area (Å²) in [5.74, 6) is 0. The zero-order chi connectivity index (χ0) is 10.1. The van der Waals surface area contributed by atoms with Gasteiger partial charge in [-0.15, -0.1) is 0 Å². The summed E-state index contributed by atoms with van der Waals surface area (Å²) < 4.78 is 20.9. The Morgan fingerprint density at radius 2 is 1.85 bits per heavy atom. The van der Waals surface area contributed by atoms with Crippen LogP contribution in [-0.2, 0) is 14.0 Å². The predicted octanol–water partition coefficient (Wildman–Crippen LogP) is 1.90. The van der Waals surface area contributed by atoms with Crippen molar-refractivity contribution in [3.8, 4) is 0 Å². The monoisotopic (exact) mass is 209 g/mol. The number of hydrogen-bond donors (Lipinski definition) is 1. The fourth-order valence-electron chi connectivity index (χ4n) is 0.980. The molecule has 0 fully saturated rings. The molecule has 0 spiro atoms. The van der Waals surface area contributed by atoms with Gasteiger partial charge in [0.25, 0.3) is 0 Å². The van der Waals surface area contributed by atoms with E-state index < -0.39 is 8.03 Å². The van der Waals surface area contributed by atoms with E-state index in [1.807, 2.05) is 13.8 Å². The fourth-order valence-corrected chi connectivity index (χ4v) is 1.43. The third-order valence-electron chi connectivity index (χ3n) is 1.49. The van der Waals surface area contributed by atoms with Gasteiger partial charge in [-0.3, -0.25) is 0 Å². The van der Waals surface area contributed by atoms with E-state index in [2.05, 4.69) is 0 Å². The van der Waals surface area contributed by atoms with Gasteiger partial charge in [-0.25, -0.2) is 0 Å². The van der Waals surface area contributed by atoms with Crippen LogP contribution < -0.4 is 0 Å². The highest BCUT2D eigenvalue weighted by Crippen LogP contribution is 2.16. The molecule has 78 valence electrons. The fraction of sp³-hybridized carbons (Fsp3) is 1.00. The third kappa shape index (κ3) is 8.31. The van der Waals surface area contributed by atoms with Crippen molar-refractivity contribution in [3.63, 3.8) is 0 Å². The second-order valence-electron chi connectivity index (χ2n) is 2.56. The van der Waals surface area contributed by atoms with Crippen LogP contribution in [0, 0.1) is 0 Å². The van der Waals surface area contributed by atoms with Gasteiger partial charge >= 0.3 is 8.03 Å². The van der Waals surface area contributed by atoms with E-state index in [0.29, 0.717) is 32.2 Å². The average Bonchev–Trinajstić information content (AvgIpc) is 2.04. The summed E-state index contributed by atoms with van der Waals surface area (Å²) >= 11 is 0. The van der Waals surface area contributed by atoms with Crippen molar-refractivity contribution in [1.29, 1.82) is 0 Å². The lowest BCUT2D eigenvalue weighted by atomic mass is 10.3. The Morgan fingerprint density at radius 1 is 1.31 bits per heavy atom. The first-order valence-corrected chi connectivity index (χ1v) is 5.97. The van der Waals surface area contributed by atoms with Gasteiger partial charge in [-0.2, -0.15) is 4.89 Å². The first-order chi connectivity index (χ1) is 6.20. The van der Waals surface area contributed by atoms with Crippen LogP contribution in [0.1, 0.15) is 26.7 Å². The van der Waals surface area contributed by atoms with Crippen molar-refractivity contribution in [2.45, 2.75) is 33.0 Å². The molecule has 4 nitrogen and oxygen atoms in total. The molecule has 0 aliphatic carbocycles. The maximum absolute atomic E-state index is 10.4. The molecule has 0 saturated carbocycles. The van der Waals surface area contributed by atoms with Gasteiger partial charge in [-0.05, 0) is 24.8 Å². The first-order valence-electron chi connectivity index (χ1n) is 4.57. The van der Waals surface area contributed by atoms with Crippen LogP contribution in [0.3, 0.4) is 0 Å². The Balaban J connectivity index is 3.49. The number of rotatable bonds is 8. The second-order valence-corrected chi connectivity index (χ2v) is 3.71. The molecule has 1 atom stereocenters. The van der Waals surface area contributed by atoms with Gasteiger partial charge in [0.15, 0.2) is 12.5 Å². The van der Waals surface area contributed by atoms with Crippen molar-refractivity contribution < 1.29 is 18.9 Å². The van der Waals surface area contributed by atoms with Crippen LogP contribution in [0.25, 0.3) is 0 Å². The number of ether oxygens (including phenoxy) is 2. The Labute approximate surface area is 80.1 Å². The minimum atomic E-state index is -2.01. The Kier molecular flexibility index (Phi) is 8.56. The first kappa shape index (κ1) is 13.0. The smallest absolute Gasteiger partial charge is 0.353 e. The Bertz CT molecular complexity index is 134. The highest BCUT2D eigenvalue weighted by atomic mass is 31.1. The summed E-state index contributed by atoms with van der Waals surface area (Å²) in [6.45, 7) is 5.02. The summed E-state index contributed by atoms with van der Waals surface area (Å²) in [5, 5.41) is 0. The normalized spacial score (nSPS) is 12.2. The zero-order valence-corrected chi connectivity index (χ0v) is 9.13. The van der Waals surface area contributed by atoms with Crippen molar-refractivity contribution in [2.24, 2.45) is 0 Å². The Morgan fingerprint density at radius 3 is 2.23 bits per heavy atom. The summed E-state index contributed by atoms with van der Waals surface area (Å²) in [7, 11) is -2.01. The van der Waals surface area contributed by atoms with Crippen LogP contribution in [-0.4, -0.2) is 30.6 Å². The van der Waals surface area contributed by atoms with E-state index in [-0.39, 0.29) is 6.29 Å². The highest BCUT2D eigenvalue weighted by Gasteiger charge is 2.13. The molecule has 0 rings (SSSR count). The van der Waals surface area contributed by atoms with Crippen LogP contribution in [0.4, 0.5) is 0 Å². The minimum absolute atomic E-state index is 0.218. The molecular weight excluding hydrogens is 191 g/mol. The van der Waals surface area contributed by atoms with Crippen molar-refractivity contribution in [2.75, 3.05) is 19.4 Å². The molecule has 0 bridgehead atoms. The minimum Gasteiger partial charge on any atom is -0.353 e. The van der Waals surface area contributed by atoms with Crippen molar-refractivity contribution in [1.82, 2.24) is 0 Å². The van der Waals surface area contributed by atoms with Gasteiger partial charge in [0.2, 0.25) is 0 Å². The van der Waals surface area contributed by atoms with E-state index in [1.54, 1.807) is 0 Å². The van der Waals surface area contributed by atoms with Crippen LogP contribution in [0.5, 0.6) is 0 Å². The summed E-state index contributed by atoms with van der Waals surface area (Å²) in [6, 6.07) is 0. The molecule has 13 heavy (non-hydrogen) atoms. The molecule has 0 aromatic carbocycles. The molecule has 0 aromatic heterocycles. The molecule has 0 aromatic rings. The summed E-state index contributed by atoms with van der Waals surface area (Å²) in [5.41, 5.74) is 0. The quantitative estimate of drug-likeness (QED) is 0.490. The summed E-state index contributed by atoms with van der Waals surface area (Å²) in [6.07, 6.45) is 1.45. The van der Waals surface area contributed by atoms with Gasteiger partial charge < -0.3 is 9.47 Å². The van der Waals surface area contributed by atoms with E-state index in [0.717, 1.165) is 0 Å². The van der Waals surface area contributed by atoms with Gasteiger partial charge in [0.1, 0.15) is 0 Å². The van der Waals surface area contributed by atoms with E-state index in [1.165, 1.54) is 0 Å². The molecule has 0 amide bonds. The lowest BCUT2D eigenvalue weighted by Crippen LogP contribution is -2.17. The highest BCUT2D eigenvalue weighted by molar-refractivity contribution is 7.37. The molecule has 0 aliphatic rings. The third-order valence-corrected chi connectivity index (χ3v) is 2.19. The molecule has 1 unspecified atom stereocenters. The molecule has 0 saturated heterocycles. The van der Waals surface area contributed by atoms with E-state index >= 15 is 0 Å². The predicted molar refractivity (Wildman–Crippen MR) is 51.0 cm³/mol. The van der Waals surface area contributed by atoms with Gasteiger partial charge in [-0.1, -0.05) is 0 Å². The zero-order valence-electron chi connectivity index (χ0n) is 8.23. The maximum atomic E-state index is 10.4. The average molecular weight is 209 g/mol. The van der Waals surface area contributed by atoms with Crippen LogP contribution in [0.15, 0.2) is 0 Å². The molecule has 1 N–H and O–H groups in total. The molecule has 5 heteroatoms. The van der Waals surface area contributed by atoms with Gasteiger partial charge in [0.05, 0.1) is 0 Å². The molecule has 0 radical (unpaired) electrons. The van der Waals surface area contributed by atoms with Crippen LogP contribution in [0.2, 0.25) is 0 Å². The molecule has 0 aliphatic heterocycles. The van der Waals surface area contributed by atoms with Crippen LogP contribution >= 0.6 is 8.03 Å².